The predicted molar refractivity (Wildman–Crippen MR) is 95.6 cm³/mol. The van der Waals surface area contributed by atoms with Crippen LogP contribution in [0.3, 0.4) is 0 Å². The fourth-order valence-corrected chi connectivity index (χ4v) is 2.40. The van der Waals surface area contributed by atoms with Gasteiger partial charge in [-0.3, -0.25) is 4.98 Å². The molecule has 0 fully saturated rings. The Bertz CT molecular complexity index is 710. The van der Waals surface area contributed by atoms with E-state index in [2.05, 4.69) is 23.0 Å². The molecule has 0 unspecified atom stereocenters. The fourth-order valence-electron chi connectivity index (χ4n) is 2.30. The molecule has 6 heteroatoms. The van der Waals surface area contributed by atoms with E-state index in [1.54, 1.807) is 12.4 Å². The van der Waals surface area contributed by atoms with Gasteiger partial charge < -0.3 is 17.2 Å². The molecule has 2 rings (SSSR count). The second-order valence-electron chi connectivity index (χ2n) is 4.93. The first-order chi connectivity index (χ1) is 10.5. The van der Waals surface area contributed by atoms with Gasteiger partial charge in [0.25, 0.3) is 0 Å². The summed E-state index contributed by atoms with van der Waals surface area (Å²) in [5.74, 6) is 0.230. The van der Waals surface area contributed by atoms with Crippen molar-refractivity contribution in [2.45, 2.75) is 19.8 Å². The summed E-state index contributed by atoms with van der Waals surface area (Å²) >= 11 is 4.78. The molecular weight excluding hydrogens is 294 g/mol. The van der Waals surface area contributed by atoms with Crippen molar-refractivity contribution in [2.24, 2.45) is 16.5 Å². The number of hydrogen-bond acceptors (Lipinski definition) is 3. The maximum Gasteiger partial charge on any atom is 0.192 e. The quantitative estimate of drug-likeness (QED) is 0.347. The largest absolute Gasteiger partial charge is 0.398 e. The fraction of sp³-hybridized carbons (Fsp3) is 0.188. The van der Waals surface area contributed by atoms with E-state index in [-0.39, 0.29) is 10.9 Å². The number of nitrogens with two attached hydrogens (primary N) is 3. The lowest BCUT2D eigenvalue weighted by Crippen LogP contribution is -2.20. The Kier molecular flexibility index (Phi) is 5.06. The number of benzene rings is 1. The number of rotatable bonds is 4. The lowest BCUT2D eigenvalue weighted by molar-refractivity contribution is 0.922. The summed E-state index contributed by atoms with van der Waals surface area (Å²) in [7, 11) is 0. The number of pyridine rings is 1. The molecule has 114 valence electrons. The minimum atomic E-state index is -0.0132. The average Bonchev–Trinajstić information content (AvgIpc) is 2.49. The number of aryl methyl sites for hydroxylation is 1. The SMILES string of the molecule is CCCc1cc(/C(N)=N/C(N)=S)c(N)c(-c2cccnc2)c1. The van der Waals surface area contributed by atoms with Gasteiger partial charge in [0.15, 0.2) is 5.11 Å². The molecule has 1 heterocycles. The zero-order chi connectivity index (χ0) is 16.1. The molecule has 6 N–H and O–H groups in total. The molecule has 22 heavy (non-hydrogen) atoms. The molecule has 5 nitrogen and oxygen atoms in total. The Hall–Kier alpha value is -2.47. The molecule has 0 radical (unpaired) electrons. The molecule has 0 saturated heterocycles. The predicted octanol–water partition coefficient (Wildman–Crippen LogP) is 2.23. The lowest BCUT2D eigenvalue weighted by Gasteiger charge is -2.14. The van der Waals surface area contributed by atoms with E-state index >= 15 is 0 Å². The van der Waals surface area contributed by atoms with Crippen molar-refractivity contribution in [3.63, 3.8) is 0 Å². The van der Waals surface area contributed by atoms with Crippen LogP contribution < -0.4 is 17.2 Å². The topological polar surface area (TPSA) is 103 Å². The Labute approximate surface area is 135 Å². The van der Waals surface area contributed by atoms with Crippen LogP contribution in [0, 0.1) is 0 Å². The number of thiocarbonyl (C=S) groups is 1. The summed E-state index contributed by atoms with van der Waals surface area (Å²) in [5, 5.41) is -0.0132. The first-order valence-corrected chi connectivity index (χ1v) is 7.40. The van der Waals surface area contributed by atoms with Gasteiger partial charge >= 0.3 is 0 Å². The van der Waals surface area contributed by atoms with Crippen LogP contribution in [-0.2, 0) is 6.42 Å². The lowest BCUT2D eigenvalue weighted by atomic mass is 9.96. The summed E-state index contributed by atoms with van der Waals surface area (Å²) < 4.78 is 0. The summed E-state index contributed by atoms with van der Waals surface area (Å²) in [4.78, 5) is 8.10. The van der Waals surface area contributed by atoms with Gasteiger partial charge in [-0.2, -0.15) is 0 Å². The van der Waals surface area contributed by atoms with Crippen LogP contribution in [0.15, 0.2) is 41.7 Å². The van der Waals surface area contributed by atoms with Crippen LogP contribution in [0.5, 0.6) is 0 Å². The van der Waals surface area contributed by atoms with Crippen molar-refractivity contribution in [3.8, 4) is 11.1 Å². The van der Waals surface area contributed by atoms with Gasteiger partial charge in [0.05, 0.1) is 5.69 Å². The third kappa shape index (κ3) is 3.59. The first-order valence-electron chi connectivity index (χ1n) is 6.99. The summed E-state index contributed by atoms with van der Waals surface area (Å²) in [6.45, 7) is 2.12. The molecule has 0 atom stereocenters. The van der Waals surface area contributed by atoms with Gasteiger partial charge in [-0.25, -0.2) is 4.99 Å². The van der Waals surface area contributed by atoms with Crippen LogP contribution in [-0.4, -0.2) is 15.9 Å². The maximum absolute atomic E-state index is 6.28. The Morgan fingerprint density at radius 1 is 1.32 bits per heavy atom. The van der Waals surface area contributed by atoms with Gasteiger partial charge in [0.1, 0.15) is 5.84 Å². The van der Waals surface area contributed by atoms with E-state index in [4.69, 9.17) is 29.4 Å². The van der Waals surface area contributed by atoms with E-state index in [1.165, 1.54) is 0 Å². The van der Waals surface area contributed by atoms with Crippen molar-refractivity contribution in [1.82, 2.24) is 4.98 Å². The molecule has 1 aromatic carbocycles. The van der Waals surface area contributed by atoms with Gasteiger partial charge in [-0.05, 0) is 42.4 Å². The number of anilines is 1. The van der Waals surface area contributed by atoms with Crippen molar-refractivity contribution in [2.75, 3.05) is 5.73 Å². The van der Waals surface area contributed by atoms with Gasteiger partial charge in [-0.1, -0.05) is 19.4 Å². The Morgan fingerprint density at radius 3 is 2.68 bits per heavy atom. The van der Waals surface area contributed by atoms with E-state index in [1.807, 2.05) is 18.2 Å². The van der Waals surface area contributed by atoms with E-state index in [0.717, 1.165) is 29.5 Å². The van der Waals surface area contributed by atoms with Crippen LogP contribution in [0.4, 0.5) is 5.69 Å². The number of nitrogen functional groups attached to an aromatic ring is 1. The normalized spacial score (nSPS) is 11.4. The van der Waals surface area contributed by atoms with Crippen molar-refractivity contribution < 1.29 is 0 Å². The van der Waals surface area contributed by atoms with E-state index < -0.39 is 0 Å². The Morgan fingerprint density at radius 2 is 2.09 bits per heavy atom. The van der Waals surface area contributed by atoms with E-state index in [9.17, 15) is 0 Å². The first kappa shape index (κ1) is 15.9. The summed E-state index contributed by atoms with van der Waals surface area (Å²) in [6, 6.07) is 7.83. The maximum atomic E-state index is 6.28. The van der Waals surface area contributed by atoms with Gasteiger partial charge in [0.2, 0.25) is 0 Å². The molecule has 0 aliphatic rings. The van der Waals surface area contributed by atoms with Crippen LogP contribution in [0.2, 0.25) is 0 Å². The van der Waals surface area contributed by atoms with Crippen molar-refractivity contribution >= 4 is 28.9 Å². The number of amidine groups is 1. The number of aromatic nitrogens is 1. The molecular formula is C16H19N5S. The molecule has 0 spiro atoms. The van der Waals surface area contributed by atoms with Gasteiger partial charge in [-0.15, -0.1) is 0 Å². The highest BCUT2D eigenvalue weighted by molar-refractivity contribution is 7.80. The highest BCUT2D eigenvalue weighted by atomic mass is 32.1. The number of nitrogens with zero attached hydrogens (tertiary/aromatic N) is 2. The molecule has 1 aromatic heterocycles. The average molecular weight is 313 g/mol. The molecule has 0 amide bonds. The van der Waals surface area contributed by atoms with Crippen LogP contribution in [0.1, 0.15) is 24.5 Å². The number of aliphatic imine (C=N–C) groups is 1. The second kappa shape index (κ2) is 7.00. The molecule has 0 aliphatic heterocycles. The third-order valence-corrected chi connectivity index (χ3v) is 3.35. The zero-order valence-electron chi connectivity index (χ0n) is 12.4. The summed E-state index contributed by atoms with van der Waals surface area (Å²) in [6.07, 6.45) is 5.42. The highest BCUT2D eigenvalue weighted by Crippen LogP contribution is 2.30. The van der Waals surface area contributed by atoms with Crippen LogP contribution in [0.25, 0.3) is 11.1 Å². The zero-order valence-corrected chi connectivity index (χ0v) is 13.2. The number of hydrogen-bond donors (Lipinski definition) is 3. The summed E-state index contributed by atoms with van der Waals surface area (Å²) in [5.41, 5.74) is 21.9. The van der Waals surface area contributed by atoms with Crippen LogP contribution >= 0.6 is 12.2 Å². The molecule has 0 saturated carbocycles. The minimum absolute atomic E-state index is 0.0132. The Balaban J connectivity index is 2.64. The molecule has 0 aliphatic carbocycles. The second-order valence-corrected chi connectivity index (χ2v) is 5.35. The van der Waals surface area contributed by atoms with Gasteiger partial charge in [0, 0.05) is 29.1 Å². The van der Waals surface area contributed by atoms with E-state index in [0.29, 0.717) is 11.3 Å². The smallest absolute Gasteiger partial charge is 0.192 e. The minimum Gasteiger partial charge on any atom is -0.398 e. The standard InChI is InChI=1S/C16H19N5S/c1-2-4-10-7-12(11-5-3-6-20-9-11)14(17)13(8-10)15(18)21-16(19)22/h3,5-9H,2,4,17H2,1H3,(H4,18,19,21,22). The van der Waals surface area contributed by atoms with Crippen molar-refractivity contribution in [1.29, 1.82) is 0 Å². The third-order valence-electron chi connectivity index (χ3n) is 3.26. The van der Waals surface area contributed by atoms with Crippen molar-refractivity contribution in [3.05, 3.63) is 47.8 Å². The highest BCUT2D eigenvalue weighted by Gasteiger charge is 2.13. The molecule has 2 aromatic rings. The molecule has 0 bridgehead atoms. The monoisotopic (exact) mass is 313 g/mol.